The first-order valence-corrected chi connectivity index (χ1v) is 7.13. The Bertz CT molecular complexity index is 487. The van der Waals surface area contributed by atoms with Crippen molar-refractivity contribution in [2.75, 3.05) is 0 Å². The summed E-state index contributed by atoms with van der Waals surface area (Å²) in [6, 6.07) is 4.35. The van der Waals surface area contributed by atoms with Crippen molar-refractivity contribution in [2.24, 2.45) is 0 Å². The summed E-state index contributed by atoms with van der Waals surface area (Å²) in [6.45, 7) is 0. The molecule has 4 rings (SSSR count). The van der Waals surface area contributed by atoms with Crippen LogP contribution in [0.3, 0.4) is 0 Å². The maximum absolute atomic E-state index is 11.5. The summed E-state index contributed by atoms with van der Waals surface area (Å²) in [4.78, 5) is 11.5. The molecule has 0 aromatic heterocycles. The molecule has 0 radical (unpaired) electrons. The van der Waals surface area contributed by atoms with Gasteiger partial charge in [0, 0.05) is 5.56 Å². The Kier molecular flexibility index (Phi) is 2.12. The molecule has 1 aromatic rings. The minimum absolute atomic E-state index is 0.495. The molecule has 2 nitrogen and oxygen atoms in total. The van der Waals surface area contributed by atoms with Crippen LogP contribution in [0.5, 0.6) is 0 Å². The van der Waals surface area contributed by atoms with Crippen molar-refractivity contribution in [2.45, 2.75) is 56.3 Å². The van der Waals surface area contributed by atoms with Gasteiger partial charge in [-0.25, -0.2) is 0 Å². The third-order valence-corrected chi connectivity index (χ3v) is 4.51. The Morgan fingerprint density at radius 3 is 1.67 bits per heavy atom. The van der Waals surface area contributed by atoms with E-state index < -0.39 is 5.97 Å². The van der Waals surface area contributed by atoms with Crippen LogP contribution in [0.15, 0.2) is 12.1 Å². The van der Waals surface area contributed by atoms with Crippen LogP contribution in [-0.2, 0) is 0 Å². The number of hydrogen-bond acceptors (Lipinski definition) is 2. The van der Waals surface area contributed by atoms with Crippen LogP contribution in [0.25, 0.3) is 0 Å². The average molecular weight is 241 g/mol. The molecule has 0 saturated heterocycles. The lowest BCUT2D eigenvalue weighted by Gasteiger charge is -2.17. The predicted molar refractivity (Wildman–Crippen MR) is 66.7 cm³/mol. The second-order valence-electron chi connectivity index (χ2n) is 6.18. The van der Waals surface area contributed by atoms with E-state index in [-0.39, 0.29) is 0 Å². The second kappa shape index (κ2) is 3.59. The van der Waals surface area contributed by atoms with Crippen molar-refractivity contribution in [1.82, 2.24) is 0 Å². The molecule has 2 heteroatoms. The lowest BCUT2D eigenvalue weighted by molar-refractivity contribution is -0.255. The molecule has 94 valence electrons. The first kappa shape index (κ1) is 10.6. The number of carboxylic acid groups (broad SMARTS) is 1. The highest BCUT2D eigenvalue weighted by molar-refractivity contribution is 5.90. The Hall–Kier alpha value is -1.31. The first-order valence-electron chi connectivity index (χ1n) is 7.13. The van der Waals surface area contributed by atoms with Gasteiger partial charge in [0.25, 0.3) is 0 Å². The Morgan fingerprint density at radius 1 is 0.889 bits per heavy atom. The Morgan fingerprint density at radius 2 is 1.33 bits per heavy atom. The summed E-state index contributed by atoms with van der Waals surface area (Å²) >= 11 is 0. The van der Waals surface area contributed by atoms with E-state index in [2.05, 4.69) is 12.1 Å². The number of aromatic carboxylic acids is 1. The van der Waals surface area contributed by atoms with Crippen LogP contribution in [0.1, 0.15) is 83.3 Å². The maximum atomic E-state index is 11.5. The maximum Gasteiger partial charge on any atom is 0.0721 e. The minimum atomic E-state index is -0.957. The number of benzene rings is 1. The smallest absolute Gasteiger partial charge is 0.0721 e. The molecule has 0 bridgehead atoms. The van der Waals surface area contributed by atoms with E-state index in [4.69, 9.17) is 0 Å². The molecule has 0 heterocycles. The molecule has 0 amide bonds. The first-order chi connectivity index (χ1) is 8.74. The van der Waals surface area contributed by atoms with Gasteiger partial charge in [0.1, 0.15) is 0 Å². The lowest BCUT2D eigenvalue weighted by atomic mass is 9.91. The van der Waals surface area contributed by atoms with E-state index in [9.17, 15) is 9.90 Å². The summed E-state index contributed by atoms with van der Waals surface area (Å²) in [5, 5.41) is 11.5. The summed E-state index contributed by atoms with van der Waals surface area (Å²) in [6.07, 6.45) is 7.16. The molecule has 0 unspecified atom stereocenters. The highest BCUT2D eigenvalue weighted by Crippen LogP contribution is 2.50. The number of carbonyl (C=O) groups excluding carboxylic acids is 1. The molecule has 0 spiro atoms. The van der Waals surface area contributed by atoms with E-state index in [1.54, 1.807) is 0 Å². The van der Waals surface area contributed by atoms with Crippen molar-refractivity contribution < 1.29 is 9.90 Å². The lowest BCUT2D eigenvalue weighted by Crippen LogP contribution is -2.25. The van der Waals surface area contributed by atoms with Gasteiger partial charge in [-0.1, -0.05) is 12.1 Å². The van der Waals surface area contributed by atoms with Gasteiger partial charge in [-0.15, -0.1) is 0 Å². The molecular weight excluding hydrogens is 224 g/mol. The number of rotatable bonds is 4. The van der Waals surface area contributed by atoms with E-state index in [1.165, 1.54) is 18.4 Å². The molecule has 1 aromatic carbocycles. The van der Waals surface area contributed by atoms with Gasteiger partial charge in [0.2, 0.25) is 0 Å². The molecule has 18 heavy (non-hydrogen) atoms. The molecule has 0 aliphatic heterocycles. The van der Waals surface area contributed by atoms with Crippen LogP contribution in [-0.4, -0.2) is 5.97 Å². The van der Waals surface area contributed by atoms with E-state index in [0.717, 1.165) is 36.8 Å². The molecular formula is C16H17O2-. The molecule has 0 atom stereocenters. The molecule has 0 N–H and O–H groups in total. The van der Waals surface area contributed by atoms with Crippen molar-refractivity contribution in [3.63, 3.8) is 0 Å². The molecule has 3 fully saturated rings. The van der Waals surface area contributed by atoms with Gasteiger partial charge in [-0.3, -0.25) is 0 Å². The van der Waals surface area contributed by atoms with Gasteiger partial charge in [-0.05, 0) is 73.0 Å². The summed E-state index contributed by atoms with van der Waals surface area (Å²) in [5.41, 5.74) is 4.11. The van der Waals surface area contributed by atoms with Crippen molar-refractivity contribution >= 4 is 5.97 Å². The van der Waals surface area contributed by atoms with Crippen LogP contribution in [0.2, 0.25) is 0 Å². The molecule has 3 saturated carbocycles. The van der Waals surface area contributed by atoms with E-state index in [1.807, 2.05) is 0 Å². The fraction of sp³-hybridized carbons (Fsp3) is 0.562. The van der Waals surface area contributed by atoms with Gasteiger partial charge in [0.05, 0.1) is 5.97 Å². The highest BCUT2D eigenvalue weighted by atomic mass is 16.4. The number of hydrogen-bond donors (Lipinski definition) is 0. The predicted octanol–water partition coefficient (Wildman–Crippen LogP) is 2.68. The van der Waals surface area contributed by atoms with Crippen LogP contribution >= 0.6 is 0 Å². The van der Waals surface area contributed by atoms with Crippen molar-refractivity contribution in [3.05, 3.63) is 34.4 Å². The van der Waals surface area contributed by atoms with Gasteiger partial charge in [0.15, 0.2) is 0 Å². The van der Waals surface area contributed by atoms with Gasteiger partial charge >= 0.3 is 0 Å². The average Bonchev–Trinajstić information content (AvgIpc) is 3.24. The fourth-order valence-corrected chi connectivity index (χ4v) is 3.03. The molecule has 3 aliphatic carbocycles. The standard InChI is InChI=1S/C16H18O2/c17-16(18)15-13(10-3-4-10)7-12(9-1-2-9)8-14(15)11-5-6-11/h7-11H,1-6H2,(H,17,18)/p-1. The molecule has 3 aliphatic rings. The van der Waals surface area contributed by atoms with Crippen LogP contribution in [0.4, 0.5) is 0 Å². The summed E-state index contributed by atoms with van der Waals surface area (Å²) in [7, 11) is 0. The van der Waals surface area contributed by atoms with Crippen LogP contribution < -0.4 is 5.11 Å². The quantitative estimate of drug-likeness (QED) is 0.813. The van der Waals surface area contributed by atoms with E-state index in [0.29, 0.717) is 23.3 Å². The third kappa shape index (κ3) is 1.75. The van der Waals surface area contributed by atoms with Crippen molar-refractivity contribution in [1.29, 1.82) is 0 Å². The third-order valence-electron chi connectivity index (χ3n) is 4.51. The number of carboxylic acids is 1. The largest absolute Gasteiger partial charge is 0.545 e. The normalized spacial score (nSPS) is 23.1. The monoisotopic (exact) mass is 241 g/mol. The zero-order valence-electron chi connectivity index (χ0n) is 10.4. The fourth-order valence-electron chi connectivity index (χ4n) is 3.03. The summed E-state index contributed by atoms with van der Waals surface area (Å²) < 4.78 is 0. The summed E-state index contributed by atoms with van der Waals surface area (Å²) in [5.74, 6) is 0.736. The SMILES string of the molecule is O=C([O-])c1c(C2CC2)cc(C2CC2)cc1C1CC1. The topological polar surface area (TPSA) is 40.1 Å². The Labute approximate surface area is 107 Å². The van der Waals surface area contributed by atoms with Gasteiger partial charge in [-0.2, -0.15) is 0 Å². The second-order valence-corrected chi connectivity index (χ2v) is 6.18. The Balaban J connectivity index is 1.88. The zero-order chi connectivity index (χ0) is 12.3. The number of carbonyl (C=O) groups is 1. The zero-order valence-corrected chi connectivity index (χ0v) is 10.4. The highest BCUT2D eigenvalue weighted by Gasteiger charge is 2.35. The van der Waals surface area contributed by atoms with Crippen LogP contribution in [0, 0.1) is 0 Å². The van der Waals surface area contributed by atoms with Crippen molar-refractivity contribution in [3.8, 4) is 0 Å². The van der Waals surface area contributed by atoms with Gasteiger partial charge < -0.3 is 9.90 Å². The minimum Gasteiger partial charge on any atom is -0.545 e. The van der Waals surface area contributed by atoms with E-state index >= 15 is 0 Å².